The fourth-order valence-electron chi connectivity index (χ4n) is 2.19. The van der Waals surface area contributed by atoms with Crippen molar-refractivity contribution in [2.24, 2.45) is 0 Å². The number of methoxy groups -OCH3 is 1. The molecule has 104 valence electrons. The minimum absolute atomic E-state index is 0.350. The van der Waals surface area contributed by atoms with Gasteiger partial charge >= 0.3 is 0 Å². The number of nitrogens with zero attached hydrogens (tertiary/aromatic N) is 2. The van der Waals surface area contributed by atoms with E-state index in [4.69, 9.17) is 16.3 Å². The molecule has 0 saturated carbocycles. The Bertz CT molecular complexity index is 551. The van der Waals surface area contributed by atoms with Crippen molar-refractivity contribution in [2.75, 3.05) is 20.3 Å². The molecule has 1 aromatic heterocycles. The Labute approximate surface area is 118 Å². The number of rotatable bonds is 6. The summed E-state index contributed by atoms with van der Waals surface area (Å²) in [5.41, 5.74) is 2.08. The minimum Gasteiger partial charge on any atom is -0.383 e. The summed E-state index contributed by atoms with van der Waals surface area (Å²) < 4.78 is 7.25. The van der Waals surface area contributed by atoms with Crippen molar-refractivity contribution < 1.29 is 4.74 Å². The third kappa shape index (κ3) is 3.26. The van der Waals surface area contributed by atoms with E-state index in [9.17, 15) is 0 Å². The second-order valence-electron chi connectivity index (χ2n) is 4.79. The number of hydrogen-bond acceptors (Lipinski definition) is 3. The highest BCUT2D eigenvalue weighted by Crippen LogP contribution is 2.24. The van der Waals surface area contributed by atoms with Crippen molar-refractivity contribution >= 4 is 22.6 Å². The molecular formula is C14H20ClN3O. The molecule has 2 rings (SSSR count). The highest BCUT2D eigenvalue weighted by molar-refractivity contribution is 6.31. The number of imidazole rings is 1. The topological polar surface area (TPSA) is 39.1 Å². The van der Waals surface area contributed by atoms with Gasteiger partial charge in [-0.1, -0.05) is 11.6 Å². The molecule has 19 heavy (non-hydrogen) atoms. The van der Waals surface area contributed by atoms with Crippen LogP contribution in [0.2, 0.25) is 5.02 Å². The van der Waals surface area contributed by atoms with E-state index in [0.29, 0.717) is 12.6 Å². The predicted octanol–water partition coefficient (Wildman–Crippen LogP) is 3.01. The molecule has 0 radical (unpaired) electrons. The standard InChI is InChI=1S/C14H20ClN3O/c1-10(2)18-13-8-11(15)4-5-12(13)17-14(18)9-16-6-7-19-3/h4-5,8,10,16H,6-7,9H2,1-3H3. The van der Waals surface area contributed by atoms with Crippen LogP contribution in [0, 0.1) is 0 Å². The van der Waals surface area contributed by atoms with Crippen LogP contribution >= 0.6 is 11.6 Å². The van der Waals surface area contributed by atoms with Gasteiger partial charge in [0.25, 0.3) is 0 Å². The summed E-state index contributed by atoms with van der Waals surface area (Å²) in [6.07, 6.45) is 0. The molecule has 0 fully saturated rings. The third-order valence-electron chi connectivity index (χ3n) is 3.01. The first-order chi connectivity index (χ1) is 9.13. The number of nitrogens with one attached hydrogen (secondary N) is 1. The van der Waals surface area contributed by atoms with Gasteiger partial charge in [0.15, 0.2) is 0 Å². The quantitative estimate of drug-likeness (QED) is 0.828. The van der Waals surface area contributed by atoms with Crippen molar-refractivity contribution in [1.82, 2.24) is 14.9 Å². The van der Waals surface area contributed by atoms with Crippen molar-refractivity contribution in [1.29, 1.82) is 0 Å². The zero-order chi connectivity index (χ0) is 13.8. The monoisotopic (exact) mass is 281 g/mol. The molecule has 1 N–H and O–H groups in total. The molecule has 0 aliphatic heterocycles. The summed E-state index contributed by atoms with van der Waals surface area (Å²) in [7, 11) is 1.70. The van der Waals surface area contributed by atoms with Crippen LogP contribution in [0.25, 0.3) is 11.0 Å². The van der Waals surface area contributed by atoms with Gasteiger partial charge in [0, 0.05) is 24.7 Å². The zero-order valence-corrected chi connectivity index (χ0v) is 12.4. The Balaban J connectivity index is 2.29. The van der Waals surface area contributed by atoms with Crippen LogP contribution in [-0.2, 0) is 11.3 Å². The zero-order valence-electron chi connectivity index (χ0n) is 11.6. The molecular weight excluding hydrogens is 262 g/mol. The van der Waals surface area contributed by atoms with Crippen LogP contribution in [0.15, 0.2) is 18.2 Å². The maximum absolute atomic E-state index is 6.08. The van der Waals surface area contributed by atoms with Gasteiger partial charge in [-0.05, 0) is 32.0 Å². The van der Waals surface area contributed by atoms with Gasteiger partial charge in [-0.15, -0.1) is 0 Å². The average Bonchev–Trinajstić information content (AvgIpc) is 2.72. The molecule has 0 atom stereocenters. The summed E-state index contributed by atoms with van der Waals surface area (Å²) in [5, 5.41) is 4.08. The molecule has 1 heterocycles. The van der Waals surface area contributed by atoms with Crippen LogP contribution in [0.3, 0.4) is 0 Å². The smallest absolute Gasteiger partial charge is 0.124 e. The van der Waals surface area contributed by atoms with E-state index in [0.717, 1.165) is 35.0 Å². The molecule has 0 bridgehead atoms. The van der Waals surface area contributed by atoms with Crippen LogP contribution in [-0.4, -0.2) is 29.8 Å². The molecule has 0 spiro atoms. The van der Waals surface area contributed by atoms with Gasteiger partial charge in [-0.3, -0.25) is 0 Å². The lowest BCUT2D eigenvalue weighted by molar-refractivity contribution is 0.198. The minimum atomic E-state index is 0.350. The fraction of sp³-hybridized carbons (Fsp3) is 0.500. The molecule has 1 aromatic carbocycles. The molecule has 0 amide bonds. The molecule has 2 aromatic rings. The van der Waals surface area contributed by atoms with Crippen LogP contribution in [0.4, 0.5) is 0 Å². The lowest BCUT2D eigenvalue weighted by Gasteiger charge is -2.13. The number of ether oxygens (including phenoxy) is 1. The highest BCUT2D eigenvalue weighted by atomic mass is 35.5. The fourth-order valence-corrected chi connectivity index (χ4v) is 2.36. The Morgan fingerprint density at radius 3 is 2.89 bits per heavy atom. The van der Waals surface area contributed by atoms with Crippen molar-refractivity contribution in [3.8, 4) is 0 Å². The van der Waals surface area contributed by atoms with Gasteiger partial charge < -0.3 is 14.6 Å². The summed E-state index contributed by atoms with van der Waals surface area (Å²) >= 11 is 6.08. The second-order valence-corrected chi connectivity index (χ2v) is 5.23. The van der Waals surface area contributed by atoms with E-state index in [2.05, 4.69) is 28.7 Å². The van der Waals surface area contributed by atoms with E-state index >= 15 is 0 Å². The largest absolute Gasteiger partial charge is 0.383 e. The molecule has 0 unspecified atom stereocenters. The van der Waals surface area contributed by atoms with Crippen molar-refractivity contribution in [3.05, 3.63) is 29.0 Å². The molecule has 0 aliphatic carbocycles. The maximum atomic E-state index is 6.08. The van der Waals surface area contributed by atoms with Gasteiger partial charge in [0.05, 0.1) is 24.2 Å². The molecule has 0 saturated heterocycles. The summed E-state index contributed by atoms with van der Waals surface area (Å²) in [5.74, 6) is 1.03. The Morgan fingerprint density at radius 1 is 1.42 bits per heavy atom. The van der Waals surface area contributed by atoms with Gasteiger partial charge in [0.2, 0.25) is 0 Å². The molecule has 4 nitrogen and oxygen atoms in total. The van der Waals surface area contributed by atoms with Gasteiger partial charge in [0.1, 0.15) is 5.82 Å². The highest BCUT2D eigenvalue weighted by Gasteiger charge is 2.13. The number of hydrogen-bond donors (Lipinski definition) is 1. The van der Waals surface area contributed by atoms with E-state index in [1.165, 1.54) is 0 Å². The van der Waals surface area contributed by atoms with E-state index < -0.39 is 0 Å². The van der Waals surface area contributed by atoms with E-state index in [-0.39, 0.29) is 0 Å². The molecule has 5 heteroatoms. The first kappa shape index (κ1) is 14.3. The summed E-state index contributed by atoms with van der Waals surface area (Å²) in [4.78, 5) is 4.67. The SMILES string of the molecule is COCCNCc1nc2ccc(Cl)cc2n1C(C)C. The maximum Gasteiger partial charge on any atom is 0.124 e. The number of benzene rings is 1. The Hall–Kier alpha value is -1.10. The summed E-state index contributed by atoms with van der Waals surface area (Å²) in [6, 6.07) is 6.17. The number of aromatic nitrogens is 2. The van der Waals surface area contributed by atoms with Gasteiger partial charge in [-0.2, -0.15) is 0 Å². The average molecular weight is 282 g/mol. The van der Waals surface area contributed by atoms with Crippen molar-refractivity contribution in [2.45, 2.75) is 26.4 Å². The van der Waals surface area contributed by atoms with E-state index in [1.54, 1.807) is 7.11 Å². The lowest BCUT2D eigenvalue weighted by Crippen LogP contribution is -2.21. The van der Waals surface area contributed by atoms with Crippen LogP contribution < -0.4 is 5.32 Å². The second kappa shape index (κ2) is 6.37. The lowest BCUT2D eigenvalue weighted by atomic mass is 10.3. The third-order valence-corrected chi connectivity index (χ3v) is 3.24. The number of fused-ring (bicyclic) bond motifs is 1. The van der Waals surface area contributed by atoms with Gasteiger partial charge in [-0.25, -0.2) is 4.98 Å². The predicted molar refractivity (Wildman–Crippen MR) is 78.7 cm³/mol. The van der Waals surface area contributed by atoms with Crippen LogP contribution in [0.5, 0.6) is 0 Å². The first-order valence-electron chi connectivity index (χ1n) is 6.49. The van der Waals surface area contributed by atoms with Crippen LogP contribution in [0.1, 0.15) is 25.7 Å². The normalized spacial score (nSPS) is 11.6. The number of halogens is 1. The van der Waals surface area contributed by atoms with Crippen molar-refractivity contribution in [3.63, 3.8) is 0 Å². The van der Waals surface area contributed by atoms with E-state index in [1.807, 2.05) is 18.2 Å². The molecule has 0 aliphatic rings. The Morgan fingerprint density at radius 2 is 2.21 bits per heavy atom. The summed E-state index contributed by atoms with van der Waals surface area (Å²) in [6.45, 7) is 6.56. The first-order valence-corrected chi connectivity index (χ1v) is 6.87. The Kier molecular flexibility index (Phi) is 4.80.